The lowest BCUT2D eigenvalue weighted by Gasteiger charge is -2.17. The molecule has 0 spiro atoms. The van der Waals surface area contributed by atoms with Crippen molar-refractivity contribution in [3.8, 4) is 0 Å². The number of hydrogen-bond donors (Lipinski definition) is 3. The summed E-state index contributed by atoms with van der Waals surface area (Å²) in [6, 6.07) is 0. The van der Waals surface area contributed by atoms with Crippen molar-refractivity contribution in [2.24, 2.45) is 16.0 Å². The first kappa shape index (κ1) is 21.3. The van der Waals surface area contributed by atoms with Gasteiger partial charge in [0.2, 0.25) is 5.91 Å². The molecular weight excluding hydrogens is 427 g/mol. The summed E-state index contributed by atoms with van der Waals surface area (Å²) in [5, 5.41) is 6.54. The van der Waals surface area contributed by atoms with Gasteiger partial charge in [0.05, 0.1) is 22.7 Å². The Morgan fingerprint density at radius 3 is 2.81 bits per heavy atom. The highest BCUT2D eigenvalue weighted by molar-refractivity contribution is 6.24. The number of aromatic amines is 1. The molecule has 2 aliphatic rings. The molecule has 2 aliphatic heterocycles. The number of amides is 1. The minimum absolute atomic E-state index is 0.00262. The Labute approximate surface area is 179 Å². The SMILES string of the molecule is Cc1[nH]c(C=C2NC=CN=C2C2C=NNC2=O)c(C(F)(F)F)c1CCC(=O)n1ccnc1. The fraction of sp³-hybridized carbons (Fsp3) is 0.250. The molecule has 1 atom stereocenters. The van der Waals surface area contributed by atoms with Crippen LogP contribution in [-0.4, -0.2) is 38.3 Å². The molecule has 3 N–H and O–H groups in total. The van der Waals surface area contributed by atoms with E-state index < -0.39 is 23.6 Å². The summed E-state index contributed by atoms with van der Waals surface area (Å²) in [5.41, 5.74) is 2.00. The first-order chi connectivity index (χ1) is 15.3. The molecule has 4 rings (SSSR count). The van der Waals surface area contributed by atoms with E-state index in [0.717, 1.165) is 0 Å². The Kier molecular flexibility index (Phi) is 5.51. The summed E-state index contributed by atoms with van der Waals surface area (Å²) in [6.45, 7) is 1.52. The van der Waals surface area contributed by atoms with Gasteiger partial charge in [-0.2, -0.15) is 18.3 Å². The molecule has 32 heavy (non-hydrogen) atoms. The summed E-state index contributed by atoms with van der Waals surface area (Å²) < 4.78 is 43.3. The molecule has 166 valence electrons. The fourth-order valence-electron chi connectivity index (χ4n) is 3.61. The third-order valence-electron chi connectivity index (χ3n) is 5.08. The van der Waals surface area contributed by atoms with E-state index in [0.29, 0.717) is 5.69 Å². The summed E-state index contributed by atoms with van der Waals surface area (Å²) >= 11 is 0. The lowest BCUT2D eigenvalue weighted by molar-refractivity contribution is -0.138. The van der Waals surface area contributed by atoms with Crippen molar-refractivity contribution in [3.05, 3.63) is 59.3 Å². The van der Waals surface area contributed by atoms with E-state index in [1.807, 2.05) is 0 Å². The highest BCUT2D eigenvalue weighted by atomic mass is 19.4. The van der Waals surface area contributed by atoms with Gasteiger partial charge in [0.1, 0.15) is 12.2 Å². The molecule has 1 unspecified atom stereocenters. The van der Waals surface area contributed by atoms with Crippen LogP contribution in [0.25, 0.3) is 6.08 Å². The third kappa shape index (κ3) is 4.11. The van der Waals surface area contributed by atoms with Gasteiger partial charge < -0.3 is 10.3 Å². The van der Waals surface area contributed by atoms with Crippen LogP contribution in [0.15, 0.2) is 46.9 Å². The number of alkyl halides is 3. The van der Waals surface area contributed by atoms with E-state index >= 15 is 0 Å². The molecule has 2 aromatic rings. The van der Waals surface area contributed by atoms with Gasteiger partial charge in [-0.05, 0) is 25.0 Å². The van der Waals surface area contributed by atoms with Crippen LogP contribution in [0.2, 0.25) is 0 Å². The molecule has 12 heteroatoms. The Bertz CT molecular complexity index is 1170. The number of allylic oxidation sites excluding steroid dienone is 1. The average Bonchev–Trinajstić information content (AvgIpc) is 3.47. The Morgan fingerprint density at radius 1 is 1.34 bits per heavy atom. The van der Waals surface area contributed by atoms with E-state index in [9.17, 15) is 22.8 Å². The smallest absolute Gasteiger partial charge is 0.359 e. The van der Waals surface area contributed by atoms with Crippen LogP contribution < -0.4 is 10.7 Å². The molecule has 0 aromatic carbocycles. The number of hydrazone groups is 1. The van der Waals surface area contributed by atoms with Crippen LogP contribution in [0.5, 0.6) is 0 Å². The number of imidazole rings is 1. The van der Waals surface area contributed by atoms with Gasteiger partial charge in [-0.3, -0.25) is 19.1 Å². The number of aryl methyl sites for hydroxylation is 1. The van der Waals surface area contributed by atoms with E-state index in [-0.39, 0.29) is 41.4 Å². The zero-order valence-corrected chi connectivity index (χ0v) is 16.8. The molecule has 9 nitrogen and oxygen atoms in total. The molecule has 0 saturated carbocycles. The number of aromatic nitrogens is 3. The van der Waals surface area contributed by atoms with E-state index in [2.05, 4.69) is 30.8 Å². The van der Waals surface area contributed by atoms with Gasteiger partial charge in [-0.15, -0.1) is 0 Å². The molecule has 0 radical (unpaired) electrons. The minimum Gasteiger partial charge on any atom is -0.359 e. The highest BCUT2D eigenvalue weighted by Gasteiger charge is 2.38. The van der Waals surface area contributed by atoms with Crippen molar-refractivity contribution < 1.29 is 22.8 Å². The van der Waals surface area contributed by atoms with Crippen molar-refractivity contribution >= 4 is 29.8 Å². The summed E-state index contributed by atoms with van der Waals surface area (Å²) in [7, 11) is 0. The van der Waals surface area contributed by atoms with Gasteiger partial charge in [-0.25, -0.2) is 10.4 Å². The number of aliphatic imine (C=N–C) groups is 1. The molecular formula is C20H18F3N7O2. The maximum atomic E-state index is 14.0. The van der Waals surface area contributed by atoms with E-state index in [1.165, 1.54) is 54.9 Å². The maximum absolute atomic E-state index is 14.0. The number of carbonyl (C=O) groups excluding carboxylic acids is 2. The maximum Gasteiger partial charge on any atom is 0.418 e. The Morgan fingerprint density at radius 2 is 2.16 bits per heavy atom. The zero-order chi connectivity index (χ0) is 22.9. The quantitative estimate of drug-likeness (QED) is 0.655. The van der Waals surface area contributed by atoms with Crippen LogP contribution in [0.1, 0.15) is 33.7 Å². The summed E-state index contributed by atoms with van der Waals surface area (Å²) in [5.74, 6) is -1.61. The predicted octanol–water partition coefficient (Wildman–Crippen LogP) is 2.40. The van der Waals surface area contributed by atoms with Crippen LogP contribution >= 0.6 is 0 Å². The lowest BCUT2D eigenvalue weighted by Crippen LogP contribution is -2.32. The van der Waals surface area contributed by atoms with Crippen molar-refractivity contribution in [2.45, 2.75) is 25.9 Å². The number of hydrogen-bond acceptors (Lipinski definition) is 6. The van der Waals surface area contributed by atoms with Crippen molar-refractivity contribution in [2.75, 3.05) is 0 Å². The van der Waals surface area contributed by atoms with Crippen molar-refractivity contribution in [1.82, 2.24) is 25.3 Å². The zero-order valence-electron chi connectivity index (χ0n) is 16.8. The highest BCUT2D eigenvalue weighted by Crippen LogP contribution is 2.38. The van der Waals surface area contributed by atoms with E-state index in [4.69, 9.17) is 0 Å². The van der Waals surface area contributed by atoms with Gasteiger partial charge in [0.25, 0.3) is 5.91 Å². The molecule has 1 amide bonds. The molecule has 0 saturated heterocycles. The number of nitrogens with zero attached hydrogens (tertiary/aromatic N) is 4. The molecule has 2 aromatic heterocycles. The standard InChI is InChI=1S/C20H18F3N7O2/c1-11-12(2-3-16(31)30-7-6-24-10-30)17(20(21,22)23)14(28-11)8-15-18(26-5-4-25-15)13-9-27-29-19(13)32/h4-10,13,25,28H,2-3H2,1H3,(H,29,32). The van der Waals surface area contributed by atoms with Crippen molar-refractivity contribution in [3.63, 3.8) is 0 Å². The van der Waals surface area contributed by atoms with Crippen LogP contribution in [0, 0.1) is 12.8 Å². The van der Waals surface area contributed by atoms with Gasteiger partial charge >= 0.3 is 6.18 Å². The summed E-state index contributed by atoms with van der Waals surface area (Å²) in [6.07, 6.45) is 4.73. The van der Waals surface area contributed by atoms with E-state index in [1.54, 1.807) is 0 Å². The lowest BCUT2D eigenvalue weighted by atomic mass is 9.98. The second-order valence-electron chi connectivity index (χ2n) is 7.14. The number of rotatable bonds is 5. The Balaban J connectivity index is 1.68. The fourth-order valence-corrected chi connectivity index (χ4v) is 3.61. The topological polar surface area (TPSA) is 117 Å². The largest absolute Gasteiger partial charge is 0.418 e. The summed E-state index contributed by atoms with van der Waals surface area (Å²) in [4.78, 5) is 34.9. The first-order valence-electron chi connectivity index (χ1n) is 9.60. The van der Waals surface area contributed by atoms with Crippen molar-refractivity contribution in [1.29, 1.82) is 0 Å². The van der Waals surface area contributed by atoms with Crippen LogP contribution in [0.3, 0.4) is 0 Å². The van der Waals surface area contributed by atoms with Gasteiger partial charge in [0, 0.05) is 43.1 Å². The second-order valence-corrected chi connectivity index (χ2v) is 7.14. The van der Waals surface area contributed by atoms with Gasteiger partial charge in [0.15, 0.2) is 0 Å². The monoisotopic (exact) mass is 445 g/mol. The minimum atomic E-state index is -4.67. The Hall–Kier alpha value is -3.96. The number of carbonyl (C=O) groups is 2. The average molecular weight is 445 g/mol. The first-order valence-corrected chi connectivity index (χ1v) is 9.60. The van der Waals surface area contributed by atoms with Crippen LogP contribution in [0.4, 0.5) is 13.2 Å². The normalized spacial score (nSPS) is 19.2. The predicted molar refractivity (Wildman–Crippen MR) is 110 cm³/mol. The molecule has 0 fully saturated rings. The molecule has 4 heterocycles. The molecule has 0 aliphatic carbocycles. The second kappa shape index (κ2) is 8.29. The van der Waals surface area contributed by atoms with Gasteiger partial charge in [-0.1, -0.05) is 0 Å². The molecule has 0 bridgehead atoms. The number of halogens is 3. The third-order valence-corrected chi connectivity index (χ3v) is 5.08. The number of nitrogens with one attached hydrogen (secondary N) is 3. The number of H-pyrrole nitrogens is 1. The van der Waals surface area contributed by atoms with Crippen LogP contribution in [-0.2, 0) is 17.4 Å².